The van der Waals surface area contributed by atoms with Crippen LogP contribution >= 0.6 is 23.2 Å². The number of benzene rings is 2. The molecule has 2 aromatic carbocycles. The molecule has 2 aromatic rings. The van der Waals surface area contributed by atoms with Gasteiger partial charge >= 0.3 is 12.1 Å². The zero-order chi connectivity index (χ0) is 25.4. The predicted molar refractivity (Wildman–Crippen MR) is 118 cm³/mol. The lowest BCUT2D eigenvalue weighted by atomic mass is 9.85. The van der Waals surface area contributed by atoms with Crippen molar-refractivity contribution in [2.75, 3.05) is 5.32 Å². The summed E-state index contributed by atoms with van der Waals surface area (Å²) in [7, 11) is 0. The van der Waals surface area contributed by atoms with Gasteiger partial charge in [0.05, 0.1) is 29.0 Å². The van der Waals surface area contributed by atoms with Crippen LogP contribution in [0.4, 0.5) is 27.6 Å². The summed E-state index contributed by atoms with van der Waals surface area (Å²) in [6, 6.07) is 9.23. The second-order valence-electron chi connectivity index (χ2n) is 8.36. The molecule has 0 saturated heterocycles. The molecular formula is C23H20Cl2F5NO3. The molecule has 1 aliphatic carbocycles. The molecule has 4 atom stereocenters. The van der Waals surface area contributed by atoms with Gasteiger partial charge in [0.15, 0.2) is 0 Å². The number of carboxylic acid groups (broad SMARTS) is 1. The summed E-state index contributed by atoms with van der Waals surface area (Å²) in [5, 5.41) is 11.8. The van der Waals surface area contributed by atoms with E-state index in [2.05, 4.69) is 5.32 Å². The van der Waals surface area contributed by atoms with Crippen molar-refractivity contribution in [1.82, 2.24) is 0 Å². The van der Waals surface area contributed by atoms with Gasteiger partial charge in [-0.15, -0.1) is 0 Å². The fourth-order valence-electron chi connectivity index (χ4n) is 3.96. The Morgan fingerprint density at radius 1 is 1.12 bits per heavy atom. The first-order valence-corrected chi connectivity index (χ1v) is 11.0. The monoisotopic (exact) mass is 523 g/mol. The maximum atomic E-state index is 13.7. The number of carbonyl (C=O) groups excluding carboxylic acids is 1. The minimum absolute atomic E-state index is 0.0387. The van der Waals surface area contributed by atoms with E-state index in [0.717, 1.165) is 6.92 Å². The molecule has 0 bridgehead atoms. The fourth-order valence-corrected chi connectivity index (χ4v) is 4.25. The van der Waals surface area contributed by atoms with Gasteiger partial charge in [-0.05, 0) is 35.4 Å². The molecule has 1 aliphatic rings. The van der Waals surface area contributed by atoms with E-state index in [4.69, 9.17) is 28.3 Å². The Hall–Kier alpha value is -2.39. The van der Waals surface area contributed by atoms with Crippen molar-refractivity contribution in [2.45, 2.75) is 43.7 Å². The Morgan fingerprint density at radius 3 is 2.18 bits per heavy atom. The number of anilines is 1. The SMILES string of the molecule is CC(C(C(=O)Nc1cc(C(CC(=O)O)C2CC2(F)F)ccc1Cl)c1ccc(Cl)cc1)C(F)(F)F. The minimum atomic E-state index is -4.70. The van der Waals surface area contributed by atoms with Crippen LogP contribution in [-0.4, -0.2) is 29.1 Å². The molecule has 4 nitrogen and oxygen atoms in total. The highest BCUT2D eigenvalue weighted by Gasteiger charge is 2.60. The average molecular weight is 524 g/mol. The molecule has 1 fully saturated rings. The lowest BCUT2D eigenvalue weighted by Crippen LogP contribution is -2.34. The van der Waals surface area contributed by atoms with E-state index in [0.29, 0.717) is 0 Å². The maximum Gasteiger partial charge on any atom is 0.392 e. The summed E-state index contributed by atoms with van der Waals surface area (Å²) < 4.78 is 68.0. The number of hydrogen-bond acceptors (Lipinski definition) is 2. The van der Waals surface area contributed by atoms with E-state index in [-0.39, 0.29) is 26.9 Å². The number of hydrogen-bond donors (Lipinski definition) is 2. The molecule has 184 valence electrons. The third-order valence-corrected chi connectivity index (χ3v) is 6.54. The number of carbonyl (C=O) groups is 2. The molecule has 1 saturated carbocycles. The number of alkyl halides is 5. The van der Waals surface area contributed by atoms with Crippen LogP contribution in [0.1, 0.15) is 42.7 Å². The van der Waals surface area contributed by atoms with Crippen molar-refractivity contribution in [3.8, 4) is 0 Å². The van der Waals surface area contributed by atoms with Gasteiger partial charge in [-0.25, -0.2) is 8.78 Å². The number of nitrogens with one attached hydrogen (secondary N) is 1. The highest BCUT2D eigenvalue weighted by Crippen LogP contribution is 2.57. The van der Waals surface area contributed by atoms with Crippen LogP contribution in [0.15, 0.2) is 42.5 Å². The normalized spacial score (nSPS) is 19.7. The first-order chi connectivity index (χ1) is 15.7. The number of carboxylic acids is 1. The number of amides is 1. The highest BCUT2D eigenvalue weighted by atomic mass is 35.5. The first-order valence-electron chi connectivity index (χ1n) is 10.2. The smallest absolute Gasteiger partial charge is 0.392 e. The molecule has 3 rings (SSSR count). The summed E-state index contributed by atoms with van der Waals surface area (Å²) in [6.07, 6.45) is -5.75. The van der Waals surface area contributed by atoms with Crippen LogP contribution in [0.3, 0.4) is 0 Å². The summed E-state index contributed by atoms with van der Waals surface area (Å²) in [4.78, 5) is 24.3. The Kier molecular flexibility index (Phi) is 7.48. The van der Waals surface area contributed by atoms with Crippen LogP contribution in [0.25, 0.3) is 0 Å². The van der Waals surface area contributed by atoms with Crippen molar-refractivity contribution < 1.29 is 36.6 Å². The number of aliphatic carboxylic acids is 1. The summed E-state index contributed by atoms with van der Waals surface area (Å²) in [5.41, 5.74) is 0.161. The molecule has 11 heteroatoms. The summed E-state index contributed by atoms with van der Waals surface area (Å²) >= 11 is 11.9. The molecule has 1 amide bonds. The van der Waals surface area contributed by atoms with E-state index in [1.165, 1.54) is 42.5 Å². The van der Waals surface area contributed by atoms with E-state index < -0.39 is 60.5 Å². The molecule has 34 heavy (non-hydrogen) atoms. The van der Waals surface area contributed by atoms with Crippen LogP contribution in [0, 0.1) is 11.8 Å². The van der Waals surface area contributed by atoms with E-state index in [1.807, 2.05) is 0 Å². The molecule has 0 radical (unpaired) electrons. The third kappa shape index (κ3) is 5.99. The quantitative estimate of drug-likeness (QED) is 0.361. The van der Waals surface area contributed by atoms with Crippen molar-refractivity contribution in [3.63, 3.8) is 0 Å². The number of halogens is 7. The second kappa shape index (κ2) is 9.70. The van der Waals surface area contributed by atoms with Crippen molar-refractivity contribution in [1.29, 1.82) is 0 Å². The van der Waals surface area contributed by atoms with Gasteiger partial charge in [-0.3, -0.25) is 9.59 Å². The van der Waals surface area contributed by atoms with Gasteiger partial charge in [0.1, 0.15) is 0 Å². The Balaban J connectivity index is 1.93. The molecule has 0 spiro atoms. The molecule has 0 heterocycles. The Labute approximate surface area is 202 Å². The topological polar surface area (TPSA) is 66.4 Å². The van der Waals surface area contributed by atoms with Gasteiger partial charge in [-0.2, -0.15) is 13.2 Å². The highest BCUT2D eigenvalue weighted by molar-refractivity contribution is 6.33. The van der Waals surface area contributed by atoms with Crippen LogP contribution < -0.4 is 5.32 Å². The van der Waals surface area contributed by atoms with Gasteiger partial charge in [0.2, 0.25) is 5.91 Å². The minimum Gasteiger partial charge on any atom is -0.481 e. The molecule has 0 aromatic heterocycles. The second-order valence-corrected chi connectivity index (χ2v) is 9.21. The van der Waals surface area contributed by atoms with Crippen molar-refractivity contribution in [3.05, 3.63) is 63.6 Å². The zero-order valence-electron chi connectivity index (χ0n) is 17.7. The number of rotatable bonds is 8. The summed E-state index contributed by atoms with van der Waals surface area (Å²) in [6.45, 7) is 0.870. The standard InChI is InChI=1S/C23H20Cl2F5NO3/c1-11(23(28,29)30)20(12-2-5-14(24)6-3-12)21(34)31-18-8-13(4-7-17(18)25)15(9-19(32)33)16-10-22(16,26)27/h2-8,11,15-16,20H,9-10H2,1H3,(H,31,34)(H,32,33). The summed E-state index contributed by atoms with van der Waals surface area (Å²) in [5.74, 6) is -11.3. The van der Waals surface area contributed by atoms with Crippen molar-refractivity contribution >= 4 is 40.8 Å². The average Bonchev–Trinajstić information content (AvgIpc) is 3.36. The Bertz CT molecular complexity index is 1080. The predicted octanol–water partition coefficient (Wildman–Crippen LogP) is 7.13. The molecule has 4 unspecified atom stereocenters. The fraction of sp³-hybridized carbons (Fsp3) is 0.391. The Morgan fingerprint density at radius 2 is 1.68 bits per heavy atom. The van der Waals surface area contributed by atoms with E-state index in [9.17, 15) is 31.5 Å². The van der Waals surface area contributed by atoms with Gasteiger partial charge in [0, 0.05) is 23.3 Å². The zero-order valence-corrected chi connectivity index (χ0v) is 19.2. The van der Waals surface area contributed by atoms with Crippen LogP contribution in [0.2, 0.25) is 10.0 Å². The molecular weight excluding hydrogens is 504 g/mol. The third-order valence-electron chi connectivity index (χ3n) is 5.96. The molecule has 0 aliphatic heterocycles. The van der Waals surface area contributed by atoms with Crippen LogP contribution in [-0.2, 0) is 9.59 Å². The lowest BCUT2D eigenvalue weighted by molar-refractivity contribution is -0.178. The van der Waals surface area contributed by atoms with Gasteiger partial charge in [0.25, 0.3) is 5.92 Å². The van der Waals surface area contributed by atoms with E-state index >= 15 is 0 Å². The lowest BCUT2D eigenvalue weighted by Gasteiger charge is -2.26. The largest absolute Gasteiger partial charge is 0.481 e. The maximum absolute atomic E-state index is 13.7. The van der Waals surface area contributed by atoms with Gasteiger partial charge in [-0.1, -0.05) is 48.3 Å². The molecule has 2 N–H and O–H groups in total. The van der Waals surface area contributed by atoms with Crippen LogP contribution in [0.5, 0.6) is 0 Å². The van der Waals surface area contributed by atoms with Crippen molar-refractivity contribution in [2.24, 2.45) is 11.8 Å². The van der Waals surface area contributed by atoms with E-state index in [1.54, 1.807) is 0 Å². The first kappa shape index (κ1) is 26.2. The van der Waals surface area contributed by atoms with Gasteiger partial charge < -0.3 is 10.4 Å².